The van der Waals surface area contributed by atoms with E-state index in [0.29, 0.717) is 13.0 Å². The second-order valence-electron chi connectivity index (χ2n) is 8.81. The average Bonchev–Trinajstić information content (AvgIpc) is 3.36. The van der Waals surface area contributed by atoms with Crippen molar-refractivity contribution in [3.63, 3.8) is 0 Å². The van der Waals surface area contributed by atoms with Crippen LogP contribution in [0.25, 0.3) is 12.2 Å². The summed E-state index contributed by atoms with van der Waals surface area (Å²) in [5.74, 6) is -0.0718. The number of rotatable bonds is 12. The Morgan fingerprint density at radius 1 is 1.03 bits per heavy atom. The van der Waals surface area contributed by atoms with Crippen molar-refractivity contribution < 1.29 is 4.79 Å². The van der Waals surface area contributed by atoms with Gasteiger partial charge in [-0.05, 0) is 43.4 Å². The molecule has 34 heavy (non-hydrogen) atoms. The van der Waals surface area contributed by atoms with Crippen LogP contribution in [0.3, 0.4) is 0 Å². The molecule has 3 rings (SSSR count). The fourth-order valence-electron chi connectivity index (χ4n) is 4.26. The van der Waals surface area contributed by atoms with E-state index in [1.165, 1.54) is 11.1 Å². The monoisotopic (exact) mass is 456 g/mol. The van der Waals surface area contributed by atoms with Crippen LogP contribution in [0.2, 0.25) is 0 Å². The van der Waals surface area contributed by atoms with Crippen LogP contribution in [0.4, 0.5) is 0 Å². The molecule has 0 aromatic heterocycles. The first-order valence-electron chi connectivity index (χ1n) is 12.3. The molecule has 0 unspecified atom stereocenters. The number of hydrogen-bond donors (Lipinski definition) is 1. The average molecular weight is 457 g/mol. The fourth-order valence-corrected chi connectivity index (χ4v) is 4.26. The predicted octanol–water partition coefficient (Wildman–Crippen LogP) is 4.73. The Morgan fingerprint density at radius 3 is 2.18 bits per heavy atom. The Labute approximate surface area is 204 Å². The summed E-state index contributed by atoms with van der Waals surface area (Å²) in [6, 6.07) is 22.1. The molecule has 2 atom stereocenters. The molecule has 0 aliphatic carbocycles. The number of nitriles is 1. The second-order valence-corrected chi connectivity index (χ2v) is 8.81. The van der Waals surface area contributed by atoms with Gasteiger partial charge in [-0.15, -0.1) is 0 Å². The van der Waals surface area contributed by atoms with Crippen molar-refractivity contribution >= 4 is 18.1 Å². The van der Waals surface area contributed by atoms with E-state index in [9.17, 15) is 10.1 Å². The highest BCUT2D eigenvalue weighted by Gasteiger charge is 2.31. The highest BCUT2D eigenvalue weighted by molar-refractivity contribution is 5.82. The zero-order valence-corrected chi connectivity index (χ0v) is 19.9. The SMILES string of the molecule is N#C[C@@H]1CCCN1C(=O)[C@@H](N)CCCCN(C/C=C/c1ccccc1)C/C=C/c1ccccc1. The molecule has 5 nitrogen and oxygen atoms in total. The van der Waals surface area contributed by atoms with Crippen LogP contribution in [0.15, 0.2) is 72.8 Å². The standard InChI is InChI=1S/C29H36N4O/c30-24-27-18-11-23-33(27)29(34)28(31)19-7-8-20-32(21-9-16-25-12-3-1-4-13-25)22-10-17-26-14-5-2-6-15-26/h1-6,9-10,12-17,27-28H,7-8,11,18-23,31H2/b16-9+,17-10+/t27-,28-/m0/s1. The molecule has 2 aromatic rings. The van der Waals surface area contributed by atoms with E-state index in [1.807, 2.05) is 36.4 Å². The largest absolute Gasteiger partial charge is 0.325 e. The van der Waals surface area contributed by atoms with Crippen LogP contribution < -0.4 is 5.73 Å². The van der Waals surface area contributed by atoms with E-state index in [4.69, 9.17) is 5.73 Å². The lowest BCUT2D eigenvalue weighted by molar-refractivity contribution is -0.132. The van der Waals surface area contributed by atoms with Crippen molar-refractivity contribution in [3.8, 4) is 6.07 Å². The van der Waals surface area contributed by atoms with Gasteiger partial charge in [0.25, 0.3) is 0 Å². The molecule has 0 saturated carbocycles. The topological polar surface area (TPSA) is 73.4 Å². The summed E-state index contributed by atoms with van der Waals surface area (Å²) in [5.41, 5.74) is 8.58. The van der Waals surface area contributed by atoms with Crippen LogP contribution in [0.5, 0.6) is 0 Å². The number of unbranched alkanes of at least 4 members (excludes halogenated alkanes) is 1. The number of nitrogens with zero attached hydrogens (tertiary/aromatic N) is 3. The van der Waals surface area contributed by atoms with Gasteiger partial charge < -0.3 is 10.6 Å². The fraction of sp³-hybridized carbons (Fsp3) is 0.379. The predicted molar refractivity (Wildman–Crippen MR) is 140 cm³/mol. The Balaban J connectivity index is 1.47. The minimum atomic E-state index is -0.515. The summed E-state index contributed by atoms with van der Waals surface area (Å²) in [7, 11) is 0. The van der Waals surface area contributed by atoms with Crippen molar-refractivity contribution in [3.05, 3.63) is 83.9 Å². The summed E-state index contributed by atoms with van der Waals surface area (Å²) >= 11 is 0. The zero-order chi connectivity index (χ0) is 24.0. The molecular formula is C29H36N4O. The summed E-state index contributed by atoms with van der Waals surface area (Å²) in [4.78, 5) is 16.7. The summed E-state index contributed by atoms with van der Waals surface area (Å²) in [5, 5.41) is 9.23. The second kappa shape index (κ2) is 14.1. The maximum atomic E-state index is 12.6. The molecule has 1 fully saturated rings. The molecule has 2 aromatic carbocycles. The number of carbonyl (C=O) groups excluding carboxylic acids is 1. The smallest absolute Gasteiger partial charge is 0.240 e. The highest BCUT2D eigenvalue weighted by atomic mass is 16.2. The number of hydrogen-bond acceptors (Lipinski definition) is 4. The molecule has 1 heterocycles. The molecule has 0 bridgehead atoms. The Kier molecular flexibility index (Phi) is 10.6. The molecule has 1 aliphatic heterocycles. The zero-order valence-electron chi connectivity index (χ0n) is 19.9. The maximum Gasteiger partial charge on any atom is 0.240 e. The van der Waals surface area contributed by atoms with Crippen LogP contribution in [-0.4, -0.2) is 54.0 Å². The summed E-state index contributed by atoms with van der Waals surface area (Å²) in [6.07, 6.45) is 12.9. The van der Waals surface area contributed by atoms with E-state index in [2.05, 4.69) is 59.5 Å². The van der Waals surface area contributed by atoms with Gasteiger partial charge in [-0.25, -0.2) is 0 Å². The van der Waals surface area contributed by atoms with Gasteiger partial charge >= 0.3 is 0 Å². The third kappa shape index (κ3) is 8.30. The lowest BCUT2D eigenvalue weighted by atomic mass is 10.1. The van der Waals surface area contributed by atoms with E-state index in [0.717, 1.165) is 45.3 Å². The molecule has 5 heteroatoms. The van der Waals surface area contributed by atoms with Gasteiger partial charge in [0.1, 0.15) is 6.04 Å². The number of benzene rings is 2. The van der Waals surface area contributed by atoms with E-state index >= 15 is 0 Å². The molecule has 1 aliphatic rings. The van der Waals surface area contributed by atoms with Crippen molar-refractivity contribution in [2.24, 2.45) is 5.73 Å². The molecule has 2 N–H and O–H groups in total. The van der Waals surface area contributed by atoms with Crippen molar-refractivity contribution in [2.45, 2.75) is 44.2 Å². The number of amides is 1. The van der Waals surface area contributed by atoms with Gasteiger partial charge in [0.2, 0.25) is 5.91 Å². The Morgan fingerprint density at radius 2 is 1.62 bits per heavy atom. The van der Waals surface area contributed by atoms with Crippen LogP contribution >= 0.6 is 0 Å². The summed E-state index contributed by atoms with van der Waals surface area (Å²) < 4.78 is 0. The van der Waals surface area contributed by atoms with Gasteiger partial charge in [0, 0.05) is 19.6 Å². The lowest BCUT2D eigenvalue weighted by Gasteiger charge is -2.24. The first-order chi connectivity index (χ1) is 16.7. The molecule has 178 valence electrons. The number of carbonyl (C=O) groups is 1. The van der Waals surface area contributed by atoms with E-state index in [-0.39, 0.29) is 11.9 Å². The van der Waals surface area contributed by atoms with Gasteiger partial charge in [-0.2, -0.15) is 5.26 Å². The maximum absolute atomic E-state index is 12.6. The lowest BCUT2D eigenvalue weighted by Crippen LogP contribution is -2.45. The molecular weight excluding hydrogens is 420 g/mol. The van der Waals surface area contributed by atoms with Crippen molar-refractivity contribution in [1.29, 1.82) is 5.26 Å². The molecule has 0 spiro atoms. The quantitative estimate of drug-likeness (QED) is 0.469. The third-order valence-electron chi connectivity index (χ3n) is 6.19. The summed E-state index contributed by atoms with van der Waals surface area (Å²) in [6.45, 7) is 3.30. The van der Waals surface area contributed by atoms with Crippen LogP contribution in [-0.2, 0) is 4.79 Å². The van der Waals surface area contributed by atoms with E-state index in [1.54, 1.807) is 4.90 Å². The Hall–Kier alpha value is -3.20. The van der Waals surface area contributed by atoms with Gasteiger partial charge in [0.05, 0.1) is 12.1 Å². The third-order valence-corrected chi connectivity index (χ3v) is 6.19. The van der Waals surface area contributed by atoms with Gasteiger partial charge in [0.15, 0.2) is 0 Å². The number of likely N-dealkylation sites (tertiary alicyclic amines) is 1. The molecule has 1 amide bonds. The normalized spacial score (nSPS) is 17.0. The first kappa shape index (κ1) is 25.4. The van der Waals surface area contributed by atoms with Crippen molar-refractivity contribution in [1.82, 2.24) is 9.80 Å². The Bertz CT molecular complexity index is 913. The van der Waals surface area contributed by atoms with Gasteiger partial charge in [-0.1, -0.05) is 91.4 Å². The van der Waals surface area contributed by atoms with Crippen LogP contribution in [0, 0.1) is 11.3 Å². The van der Waals surface area contributed by atoms with E-state index < -0.39 is 6.04 Å². The highest BCUT2D eigenvalue weighted by Crippen LogP contribution is 2.18. The molecule has 1 saturated heterocycles. The first-order valence-corrected chi connectivity index (χ1v) is 12.3. The molecule has 0 radical (unpaired) electrons. The van der Waals surface area contributed by atoms with Crippen molar-refractivity contribution in [2.75, 3.05) is 26.2 Å². The van der Waals surface area contributed by atoms with Crippen LogP contribution in [0.1, 0.15) is 43.2 Å². The minimum Gasteiger partial charge on any atom is -0.325 e. The minimum absolute atomic E-state index is 0.0718. The number of nitrogens with two attached hydrogens (primary N) is 1. The van der Waals surface area contributed by atoms with Gasteiger partial charge in [-0.3, -0.25) is 9.69 Å².